The van der Waals surface area contributed by atoms with E-state index in [1.54, 1.807) is 0 Å². The predicted molar refractivity (Wildman–Crippen MR) is 238 cm³/mol. The maximum atomic E-state index is 6.49. The SMILES string of the molecule is Cc1cc2c3c(c1)N(c1cccc4c1OCCO4)c1cc(-c4cc5ccccc5o4)ccc1B3c1ccc(-c3cc4ccccc4o3)cc1N2c1cccc2c1OCCO2. The van der Waals surface area contributed by atoms with Gasteiger partial charge in [0.25, 0.3) is 6.71 Å². The summed E-state index contributed by atoms with van der Waals surface area (Å²) in [6.45, 7) is 3.97. The van der Waals surface area contributed by atoms with E-state index < -0.39 is 0 Å². The normalized spacial score (nSPS) is 14.6. The van der Waals surface area contributed by atoms with Crippen molar-refractivity contribution in [2.45, 2.75) is 6.92 Å². The molecule has 60 heavy (non-hydrogen) atoms. The Kier molecular flexibility index (Phi) is 7.10. The topological polar surface area (TPSA) is 69.7 Å². The Morgan fingerprint density at radius 3 is 1.42 bits per heavy atom. The molecule has 0 amide bonds. The van der Waals surface area contributed by atoms with E-state index in [-0.39, 0.29) is 6.71 Å². The number of furan rings is 2. The lowest BCUT2D eigenvalue weighted by Crippen LogP contribution is -2.61. The first-order chi connectivity index (χ1) is 29.6. The van der Waals surface area contributed by atoms with Gasteiger partial charge in [0.1, 0.15) is 49.1 Å². The van der Waals surface area contributed by atoms with E-state index >= 15 is 0 Å². The molecule has 13 rings (SSSR count). The highest BCUT2D eigenvalue weighted by atomic mass is 16.6. The second-order valence-electron chi connectivity index (χ2n) is 15.8. The highest BCUT2D eigenvalue weighted by Crippen LogP contribution is 2.52. The predicted octanol–water partition coefficient (Wildman–Crippen LogP) is 10.4. The van der Waals surface area contributed by atoms with Gasteiger partial charge in [0, 0.05) is 44.6 Å². The van der Waals surface area contributed by atoms with E-state index in [0.29, 0.717) is 26.4 Å². The van der Waals surface area contributed by atoms with Gasteiger partial charge in [0.05, 0.1) is 11.4 Å². The van der Waals surface area contributed by atoms with Gasteiger partial charge in [0.2, 0.25) is 0 Å². The van der Waals surface area contributed by atoms with Crippen LogP contribution in [0, 0.1) is 6.92 Å². The number of para-hydroxylation sites is 4. The molecule has 7 aromatic carbocycles. The molecule has 0 atom stereocenters. The molecule has 2 aromatic heterocycles. The number of hydrogen-bond donors (Lipinski definition) is 0. The van der Waals surface area contributed by atoms with Crippen LogP contribution in [0.4, 0.5) is 34.1 Å². The summed E-state index contributed by atoms with van der Waals surface area (Å²) < 4.78 is 38.3. The van der Waals surface area contributed by atoms with Crippen LogP contribution in [-0.4, -0.2) is 33.1 Å². The molecule has 4 aliphatic heterocycles. The second kappa shape index (κ2) is 12.7. The third-order valence-electron chi connectivity index (χ3n) is 12.2. The van der Waals surface area contributed by atoms with Crippen molar-refractivity contribution in [1.29, 1.82) is 0 Å². The van der Waals surface area contributed by atoms with E-state index in [4.69, 9.17) is 27.8 Å². The quantitative estimate of drug-likeness (QED) is 0.164. The fourth-order valence-corrected chi connectivity index (χ4v) is 9.67. The summed E-state index contributed by atoms with van der Waals surface area (Å²) in [5.41, 5.74) is 14.3. The molecule has 0 bridgehead atoms. The molecule has 0 saturated heterocycles. The molecule has 0 fully saturated rings. The summed E-state index contributed by atoms with van der Waals surface area (Å²) in [5.74, 6) is 4.54. The fraction of sp³-hybridized carbons (Fsp3) is 0.0980. The molecule has 6 heterocycles. The number of rotatable bonds is 4. The average Bonchev–Trinajstić information content (AvgIpc) is 3.94. The molecular formula is C51H35BN2O6. The average molecular weight is 783 g/mol. The van der Waals surface area contributed by atoms with Crippen LogP contribution in [0.2, 0.25) is 0 Å². The summed E-state index contributed by atoms with van der Waals surface area (Å²) in [5, 5.41) is 2.13. The molecule has 0 N–H and O–H groups in total. The Hall–Kier alpha value is -7.52. The summed E-state index contributed by atoms with van der Waals surface area (Å²) in [4.78, 5) is 4.73. The van der Waals surface area contributed by atoms with Gasteiger partial charge in [-0.1, -0.05) is 72.8 Å². The minimum Gasteiger partial charge on any atom is -0.486 e. The van der Waals surface area contributed by atoms with Crippen molar-refractivity contribution >= 4 is 79.2 Å². The molecule has 9 heteroatoms. The zero-order valence-corrected chi connectivity index (χ0v) is 32.6. The van der Waals surface area contributed by atoms with Gasteiger partial charge in [-0.15, -0.1) is 0 Å². The summed E-state index contributed by atoms with van der Waals surface area (Å²) in [6.07, 6.45) is 0. The van der Waals surface area contributed by atoms with Crippen LogP contribution in [0.5, 0.6) is 23.0 Å². The van der Waals surface area contributed by atoms with Crippen LogP contribution in [0.25, 0.3) is 44.6 Å². The minimum absolute atomic E-state index is 0.129. The maximum absolute atomic E-state index is 6.49. The summed E-state index contributed by atoms with van der Waals surface area (Å²) >= 11 is 0. The summed E-state index contributed by atoms with van der Waals surface area (Å²) in [6, 6.07) is 51.0. The number of anilines is 6. The lowest BCUT2D eigenvalue weighted by Gasteiger charge is -2.45. The van der Waals surface area contributed by atoms with Crippen LogP contribution in [0.3, 0.4) is 0 Å². The van der Waals surface area contributed by atoms with Crippen molar-refractivity contribution in [3.05, 3.63) is 151 Å². The van der Waals surface area contributed by atoms with E-state index in [1.165, 1.54) is 5.46 Å². The van der Waals surface area contributed by atoms with Gasteiger partial charge in [-0.25, -0.2) is 0 Å². The number of fused-ring (bicyclic) bond motifs is 8. The van der Waals surface area contributed by atoms with E-state index in [0.717, 1.165) is 118 Å². The van der Waals surface area contributed by atoms with Crippen LogP contribution in [0.1, 0.15) is 5.56 Å². The minimum atomic E-state index is -0.129. The zero-order chi connectivity index (χ0) is 39.5. The molecular weight excluding hydrogens is 747 g/mol. The van der Waals surface area contributed by atoms with Crippen molar-refractivity contribution in [3.63, 3.8) is 0 Å². The summed E-state index contributed by atoms with van der Waals surface area (Å²) in [7, 11) is 0. The third-order valence-corrected chi connectivity index (χ3v) is 12.2. The first-order valence-corrected chi connectivity index (χ1v) is 20.4. The van der Waals surface area contributed by atoms with Gasteiger partial charge < -0.3 is 37.6 Å². The Morgan fingerprint density at radius 2 is 0.917 bits per heavy atom. The molecule has 9 aromatic rings. The first-order valence-electron chi connectivity index (χ1n) is 20.4. The van der Waals surface area contributed by atoms with Crippen molar-refractivity contribution in [1.82, 2.24) is 0 Å². The van der Waals surface area contributed by atoms with E-state index in [1.807, 2.05) is 48.5 Å². The highest BCUT2D eigenvalue weighted by Gasteiger charge is 2.45. The number of ether oxygens (including phenoxy) is 4. The van der Waals surface area contributed by atoms with E-state index in [2.05, 4.69) is 114 Å². The van der Waals surface area contributed by atoms with Crippen LogP contribution < -0.4 is 45.1 Å². The van der Waals surface area contributed by atoms with Crippen LogP contribution in [0.15, 0.2) is 154 Å². The Labute approximate surface area is 345 Å². The molecule has 4 aliphatic rings. The van der Waals surface area contributed by atoms with Gasteiger partial charge in [0.15, 0.2) is 23.0 Å². The van der Waals surface area contributed by atoms with Crippen LogP contribution >= 0.6 is 0 Å². The van der Waals surface area contributed by atoms with Gasteiger partial charge in [-0.05, 0) is 102 Å². The third kappa shape index (κ3) is 4.92. The number of benzene rings is 7. The van der Waals surface area contributed by atoms with Crippen molar-refractivity contribution in [2.75, 3.05) is 36.2 Å². The lowest BCUT2D eigenvalue weighted by atomic mass is 9.33. The zero-order valence-electron chi connectivity index (χ0n) is 32.6. The first kappa shape index (κ1) is 33.5. The van der Waals surface area contributed by atoms with Crippen molar-refractivity contribution < 1.29 is 27.8 Å². The second-order valence-corrected chi connectivity index (χ2v) is 15.8. The molecule has 0 aliphatic carbocycles. The van der Waals surface area contributed by atoms with Crippen molar-refractivity contribution in [2.24, 2.45) is 0 Å². The Bertz CT molecular complexity index is 2960. The number of nitrogens with zero attached hydrogens (tertiary/aromatic N) is 2. The largest absolute Gasteiger partial charge is 0.486 e. The fourth-order valence-electron chi connectivity index (χ4n) is 9.67. The number of aryl methyl sites for hydroxylation is 1. The standard InChI is InChI=1S/C51H35BN2O6/c1-30-24-41-49-42(25-30)54(38-11-7-15-46-51(38)58-23-21-56-46)40-27-34(48-29-32-9-3-5-13-44(32)60-48)17-19-36(40)52(49)35-18-16-33(47-28-31-8-2-4-12-43(31)59-47)26-39(35)53(41)37-10-6-14-45-50(37)57-22-20-55-45/h2-19,24-29H,20-23H2,1H3. The lowest BCUT2D eigenvalue weighted by molar-refractivity contribution is 0.172. The molecule has 8 nitrogen and oxygen atoms in total. The smallest absolute Gasteiger partial charge is 0.252 e. The molecule has 288 valence electrons. The molecule has 0 unspecified atom stereocenters. The monoisotopic (exact) mass is 782 g/mol. The molecule has 0 saturated carbocycles. The number of hydrogen-bond acceptors (Lipinski definition) is 8. The Balaban J connectivity index is 1.10. The van der Waals surface area contributed by atoms with Gasteiger partial charge in [-0.3, -0.25) is 0 Å². The Morgan fingerprint density at radius 1 is 0.433 bits per heavy atom. The molecule has 0 radical (unpaired) electrons. The van der Waals surface area contributed by atoms with Gasteiger partial charge >= 0.3 is 0 Å². The van der Waals surface area contributed by atoms with Crippen LogP contribution in [-0.2, 0) is 0 Å². The van der Waals surface area contributed by atoms with Gasteiger partial charge in [-0.2, -0.15) is 0 Å². The van der Waals surface area contributed by atoms with Crippen molar-refractivity contribution in [3.8, 4) is 45.6 Å². The highest BCUT2D eigenvalue weighted by molar-refractivity contribution is 7.00. The maximum Gasteiger partial charge on any atom is 0.252 e. The molecule has 0 spiro atoms. The van der Waals surface area contributed by atoms with E-state index in [9.17, 15) is 0 Å².